The van der Waals surface area contributed by atoms with E-state index in [9.17, 15) is 0 Å². The molecule has 1 fully saturated rings. The van der Waals surface area contributed by atoms with Crippen molar-refractivity contribution < 1.29 is 0 Å². The van der Waals surface area contributed by atoms with E-state index in [1.807, 2.05) is 0 Å². The van der Waals surface area contributed by atoms with E-state index in [-0.39, 0.29) is 0 Å². The van der Waals surface area contributed by atoms with Crippen LogP contribution in [0.4, 0.5) is 0 Å². The zero-order valence-electron chi connectivity index (χ0n) is 15.0. The van der Waals surface area contributed by atoms with Gasteiger partial charge in [0.05, 0.1) is 0 Å². The van der Waals surface area contributed by atoms with E-state index in [2.05, 4.69) is 44.8 Å². The van der Waals surface area contributed by atoms with Gasteiger partial charge in [0.15, 0.2) is 0 Å². The Morgan fingerprint density at radius 2 is 2.14 bits per heavy atom. The van der Waals surface area contributed by atoms with Crippen molar-refractivity contribution in [1.82, 2.24) is 5.32 Å². The first kappa shape index (κ1) is 17.4. The molecule has 0 amide bonds. The van der Waals surface area contributed by atoms with E-state index in [0.29, 0.717) is 5.41 Å². The van der Waals surface area contributed by atoms with Gasteiger partial charge in [0.2, 0.25) is 0 Å². The van der Waals surface area contributed by atoms with Crippen molar-refractivity contribution in [3.63, 3.8) is 0 Å². The summed E-state index contributed by atoms with van der Waals surface area (Å²) >= 11 is 0. The molecule has 1 heteroatoms. The minimum absolute atomic E-state index is 0.417. The first-order valence-corrected chi connectivity index (χ1v) is 9.39. The van der Waals surface area contributed by atoms with Crippen LogP contribution in [0, 0.1) is 11.3 Å². The molecule has 1 N–H and O–H groups in total. The topological polar surface area (TPSA) is 12.0 Å². The second-order valence-electron chi connectivity index (χ2n) is 7.58. The van der Waals surface area contributed by atoms with Gasteiger partial charge in [-0.2, -0.15) is 0 Å². The average molecular weight is 302 g/mol. The van der Waals surface area contributed by atoms with Gasteiger partial charge in [0, 0.05) is 12.2 Å². The van der Waals surface area contributed by atoms with Crippen molar-refractivity contribution in [2.75, 3.05) is 6.54 Å². The molecule has 2 atom stereocenters. The van der Waals surface area contributed by atoms with Crippen molar-refractivity contribution in [1.29, 1.82) is 0 Å². The summed E-state index contributed by atoms with van der Waals surface area (Å²) in [5, 5.41) is 3.45. The highest BCUT2D eigenvalue weighted by Crippen LogP contribution is 2.43. The molecule has 0 saturated carbocycles. The molecular formula is C21H35N. The van der Waals surface area contributed by atoms with Gasteiger partial charge in [-0.3, -0.25) is 0 Å². The van der Waals surface area contributed by atoms with Crippen LogP contribution in [0.3, 0.4) is 0 Å². The predicted molar refractivity (Wildman–Crippen MR) is 97.8 cm³/mol. The average Bonchev–Trinajstić information content (AvgIpc) is 2.71. The third-order valence-corrected chi connectivity index (χ3v) is 5.76. The summed E-state index contributed by atoms with van der Waals surface area (Å²) in [7, 11) is 0. The molecule has 1 nitrogen and oxygen atoms in total. The zero-order chi connectivity index (χ0) is 16.0. The lowest BCUT2D eigenvalue weighted by molar-refractivity contribution is 0.332. The number of rotatable bonds is 6. The largest absolute Gasteiger partial charge is 0.389 e. The van der Waals surface area contributed by atoms with Crippen LogP contribution < -0.4 is 5.32 Å². The summed E-state index contributed by atoms with van der Waals surface area (Å²) in [5.74, 6) is 0.870. The highest BCUT2D eigenvalue weighted by atomic mass is 14.9. The molecule has 1 saturated heterocycles. The van der Waals surface area contributed by atoms with Crippen LogP contribution in [-0.2, 0) is 0 Å². The fourth-order valence-corrected chi connectivity index (χ4v) is 4.09. The Kier molecular flexibility index (Phi) is 6.35. The van der Waals surface area contributed by atoms with E-state index in [0.717, 1.165) is 18.9 Å². The third-order valence-electron chi connectivity index (χ3n) is 5.76. The molecule has 0 radical (unpaired) electrons. The zero-order valence-corrected chi connectivity index (χ0v) is 15.0. The van der Waals surface area contributed by atoms with Gasteiger partial charge >= 0.3 is 0 Å². The lowest BCUT2D eigenvalue weighted by Crippen LogP contribution is -2.22. The fourth-order valence-electron chi connectivity index (χ4n) is 4.09. The van der Waals surface area contributed by atoms with Crippen LogP contribution in [0.25, 0.3) is 0 Å². The van der Waals surface area contributed by atoms with Gasteiger partial charge in [-0.25, -0.2) is 0 Å². The van der Waals surface area contributed by atoms with Gasteiger partial charge in [-0.1, -0.05) is 57.1 Å². The Balaban J connectivity index is 1.99. The lowest BCUT2D eigenvalue weighted by atomic mass is 9.69. The highest BCUT2D eigenvalue weighted by molar-refractivity contribution is 5.33. The number of hydrogen-bond donors (Lipinski definition) is 1. The predicted octanol–water partition coefficient (Wildman–Crippen LogP) is 6.14. The molecule has 0 aromatic rings. The normalized spacial score (nSPS) is 29.4. The summed E-state index contributed by atoms with van der Waals surface area (Å²) in [6.45, 7) is 12.3. The molecule has 124 valence electrons. The SMILES string of the molecule is C=C1CCC(CCC2=CC(CC)=CCC2(C)CCC)CCN1. The molecule has 2 rings (SSSR count). The van der Waals surface area contributed by atoms with E-state index in [4.69, 9.17) is 0 Å². The smallest absolute Gasteiger partial charge is 0.0146 e. The van der Waals surface area contributed by atoms with Crippen molar-refractivity contribution in [2.45, 2.75) is 78.6 Å². The Morgan fingerprint density at radius 1 is 1.32 bits per heavy atom. The molecule has 22 heavy (non-hydrogen) atoms. The van der Waals surface area contributed by atoms with Crippen LogP contribution >= 0.6 is 0 Å². The molecule has 2 unspecified atom stereocenters. The first-order valence-electron chi connectivity index (χ1n) is 9.39. The maximum Gasteiger partial charge on any atom is 0.0146 e. The van der Waals surface area contributed by atoms with E-state index < -0.39 is 0 Å². The molecule has 1 aliphatic heterocycles. The van der Waals surface area contributed by atoms with Gasteiger partial charge < -0.3 is 5.32 Å². The monoisotopic (exact) mass is 301 g/mol. The van der Waals surface area contributed by atoms with Crippen molar-refractivity contribution in [3.8, 4) is 0 Å². The van der Waals surface area contributed by atoms with Gasteiger partial charge in [-0.05, 0) is 62.7 Å². The second kappa shape index (κ2) is 8.04. The van der Waals surface area contributed by atoms with E-state index in [1.165, 1.54) is 57.1 Å². The molecule has 0 spiro atoms. The van der Waals surface area contributed by atoms with Crippen LogP contribution in [-0.4, -0.2) is 6.54 Å². The molecule has 1 heterocycles. The van der Waals surface area contributed by atoms with Crippen molar-refractivity contribution in [2.24, 2.45) is 11.3 Å². The summed E-state index contributed by atoms with van der Waals surface area (Å²) in [6.07, 6.45) is 16.5. The molecule has 0 aromatic heterocycles. The second-order valence-corrected chi connectivity index (χ2v) is 7.58. The maximum atomic E-state index is 4.10. The standard InChI is InChI=1S/C21H35N/c1-5-13-21(4)14-11-18(6-2)16-20(21)10-9-19-8-7-17(3)22-15-12-19/h11,16,19,22H,3,5-10,12-15H2,1-2,4H3. The summed E-state index contributed by atoms with van der Waals surface area (Å²) in [6, 6.07) is 0. The Labute approximate surface area is 138 Å². The quantitative estimate of drug-likeness (QED) is 0.621. The Bertz CT molecular complexity index is 443. The fraction of sp³-hybridized carbons (Fsp3) is 0.714. The van der Waals surface area contributed by atoms with Crippen LogP contribution in [0.15, 0.2) is 35.6 Å². The van der Waals surface area contributed by atoms with Crippen LogP contribution in [0.5, 0.6) is 0 Å². The highest BCUT2D eigenvalue weighted by Gasteiger charge is 2.29. The Morgan fingerprint density at radius 3 is 2.86 bits per heavy atom. The van der Waals surface area contributed by atoms with Crippen LogP contribution in [0.2, 0.25) is 0 Å². The number of allylic oxidation sites excluding steroid dienone is 5. The lowest BCUT2D eigenvalue weighted by Gasteiger charge is -2.35. The summed E-state index contributed by atoms with van der Waals surface area (Å²) in [4.78, 5) is 0. The molecule has 0 aromatic carbocycles. The van der Waals surface area contributed by atoms with Crippen molar-refractivity contribution >= 4 is 0 Å². The van der Waals surface area contributed by atoms with Crippen LogP contribution in [0.1, 0.15) is 78.6 Å². The Hall–Kier alpha value is -0.980. The number of hydrogen-bond acceptors (Lipinski definition) is 1. The van der Waals surface area contributed by atoms with E-state index in [1.54, 1.807) is 11.1 Å². The number of nitrogens with one attached hydrogen (secondary N) is 1. The minimum atomic E-state index is 0.417. The molecule has 2 aliphatic rings. The minimum Gasteiger partial charge on any atom is -0.389 e. The van der Waals surface area contributed by atoms with Gasteiger partial charge in [0.25, 0.3) is 0 Å². The summed E-state index contributed by atoms with van der Waals surface area (Å²) in [5.41, 5.74) is 4.94. The van der Waals surface area contributed by atoms with Gasteiger partial charge in [-0.15, -0.1) is 0 Å². The van der Waals surface area contributed by atoms with Crippen molar-refractivity contribution in [3.05, 3.63) is 35.6 Å². The molecule has 0 bridgehead atoms. The van der Waals surface area contributed by atoms with Gasteiger partial charge in [0.1, 0.15) is 0 Å². The molecule has 1 aliphatic carbocycles. The third kappa shape index (κ3) is 4.51. The summed E-state index contributed by atoms with van der Waals surface area (Å²) < 4.78 is 0. The van der Waals surface area contributed by atoms with E-state index >= 15 is 0 Å². The maximum absolute atomic E-state index is 4.10. The molecular weight excluding hydrogens is 266 g/mol. The first-order chi connectivity index (χ1) is 10.6.